The summed E-state index contributed by atoms with van der Waals surface area (Å²) in [6, 6.07) is 8.76. The lowest BCUT2D eigenvalue weighted by atomic mass is 9.94. The van der Waals surface area contributed by atoms with Crippen LogP contribution in [0.1, 0.15) is 64.5 Å². The molecule has 10 heteroatoms. The molecule has 0 bridgehead atoms. The van der Waals surface area contributed by atoms with E-state index >= 15 is 0 Å². The third-order valence-corrected chi connectivity index (χ3v) is 11.2. The molecular formula is C38H48F2N6O2. The average molecular weight is 659 g/mol. The number of rotatable bonds is 8. The van der Waals surface area contributed by atoms with Crippen LogP contribution in [0.15, 0.2) is 36.4 Å². The molecule has 0 saturated carbocycles. The number of benzene rings is 2. The van der Waals surface area contributed by atoms with Crippen molar-refractivity contribution >= 4 is 33.6 Å². The second-order valence-corrected chi connectivity index (χ2v) is 14.9. The minimum Gasteiger partial charge on any atom is -0.338 e. The van der Waals surface area contributed by atoms with Crippen molar-refractivity contribution in [2.24, 2.45) is 23.3 Å². The Kier molecular flexibility index (Phi) is 8.60. The second kappa shape index (κ2) is 12.6. The molecule has 7 rings (SSSR count). The summed E-state index contributed by atoms with van der Waals surface area (Å²) in [5.41, 5.74) is 18.5. The van der Waals surface area contributed by atoms with Crippen LogP contribution in [0.2, 0.25) is 0 Å². The molecule has 2 amide bonds. The first-order valence-corrected chi connectivity index (χ1v) is 17.7. The zero-order valence-corrected chi connectivity index (χ0v) is 28.5. The lowest BCUT2D eigenvalue weighted by molar-refractivity contribution is -0.135. The Balaban J connectivity index is 1.38. The van der Waals surface area contributed by atoms with Gasteiger partial charge in [0.1, 0.15) is 11.6 Å². The molecule has 4 aromatic rings. The topological polar surface area (TPSA) is 103 Å². The Morgan fingerprint density at radius 1 is 0.688 bits per heavy atom. The molecule has 3 aliphatic rings. The van der Waals surface area contributed by atoms with Crippen LogP contribution < -0.4 is 11.5 Å². The lowest BCUT2D eigenvalue weighted by Crippen LogP contribution is -2.49. The smallest absolute Gasteiger partial charge is 0.240 e. The first kappa shape index (κ1) is 32.8. The number of nitrogens with zero attached hydrogens (tertiary/aromatic N) is 4. The summed E-state index contributed by atoms with van der Waals surface area (Å²) in [5, 5.41) is 1.94. The molecule has 0 aliphatic carbocycles. The summed E-state index contributed by atoms with van der Waals surface area (Å²) >= 11 is 0. The van der Waals surface area contributed by atoms with Crippen LogP contribution >= 0.6 is 0 Å². The van der Waals surface area contributed by atoms with Gasteiger partial charge >= 0.3 is 0 Å². The maximum Gasteiger partial charge on any atom is 0.240 e. The van der Waals surface area contributed by atoms with Gasteiger partial charge in [-0.1, -0.05) is 27.7 Å². The van der Waals surface area contributed by atoms with Crippen molar-refractivity contribution in [2.45, 2.75) is 103 Å². The van der Waals surface area contributed by atoms with Gasteiger partial charge in [-0.2, -0.15) is 0 Å². The van der Waals surface area contributed by atoms with Gasteiger partial charge in [0.2, 0.25) is 11.8 Å². The van der Waals surface area contributed by atoms with Gasteiger partial charge in [-0.25, -0.2) is 8.78 Å². The van der Waals surface area contributed by atoms with Crippen molar-refractivity contribution in [3.8, 4) is 11.4 Å². The molecule has 0 radical (unpaired) electrons. The van der Waals surface area contributed by atoms with E-state index in [1.54, 1.807) is 12.1 Å². The molecule has 2 fully saturated rings. The fourth-order valence-electron chi connectivity index (χ4n) is 8.51. The fourth-order valence-corrected chi connectivity index (χ4v) is 8.51. The summed E-state index contributed by atoms with van der Waals surface area (Å²) in [7, 11) is 0. The number of hydrogen-bond acceptors (Lipinski definition) is 4. The molecule has 256 valence electrons. The number of hydrogen-bond donors (Lipinski definition) is 2. The molecule has 5 heterocycles. The van der Waals surface area contributed by atoms with Crippen LogP contribution in [0.5, 0.6) is 0 Å². The first-order chi connectivity index (χ1) is 23.0. The second-order valence-electron chi connectivity index (χ2n) is 14.9. The molecule has 0 spiro atoms. The predicted molar refractivity (Wildman–Crippen MR) is 185 cm³/mol. The van der Waals surface area contributed by atoms with Crippen LogP contribution in [0.3, 0.4) is 0 Å². The first-order valence-electron chi connectivity index (χ1n) is 17.7. The van der Waals surface area contributed by atoms with E-state index in [1.807, 2.05) is 49.6 Å². The molecule has 2 saturated heterocycles. The van der Waals surface area contributed by atoms with Crippen LogP contribution in [-0.2, 0) is 35.5 Å². The van der Waals surface area contributed by atoms with E-state index in [2.05, 4.69) is 9.13 Å². The molecule has 8 nitrogen and oxygen atoms in total. The van der Waals surface area contributed by atoms with Gasteiger partial charge in [0.15, 0.2) is 0 Å². The van der Waals surface area contributed by atoms with Crippen LogP contribution in [-0.4, -0.2) is 68.0 Å². The minimum atomic E-state index is -0.565. The number of halogens is 2. The molecule has 2 aromatic heterocycles. The number of carbonyl (C=O) groups excluding carboxylic acids is 2. The van der Waals surface area contributed by atoms with E-state index < -0.39 is 12.1 Å². The largest absolute Gasteiger partial charge is 0.338 e. The van der Waals surface area contributed by atoms with Crippen LogP contribution in [0.25, 0.3) is 33.2 Å². The van der Waals surface area contributed by atoms with Crippen molar-refractivity contribution in [2.75, 3.05) is 13.1 Å². The van der Waals surface area contributed by atoms with Gasteiger partial charge in [0.05, 0.1) is 34.5 Å². The molecule has 3 aliphatic heterocycles. The molecule has 4 N–H and O–H groups in total. The standard InChI is InChI=1S/C38H48F2N6O2/c1-21(2)33(41)37(47)43-13-5-7-25(43)19-29-27-11-9-23(39)17-31(27)45-15-16-46-32-18-24(40)10-12-28(32)30(36(46)35(29)45)20-26-8-6-14-44(26)38(48)34(42)22(3)4/h9-12,17-18,21-22,25-26,33-34H,5-8,13-16,19-20,41-42H2,1-4H3. The SMILES string of the molecule is CC(C)C(N)C(=O)N1CCCC1Cc1c2n(c3cc(F)ccc13)CCn1c-2c(CC2CCCN2C(=O)C(N)C(C)C)c2ccc(F)cc21. The number of nitrogens with two attached hydrogens (primary N) is 2. The van der Waals surface area contributed by atoms with Crippen molar-refractivity contribution < 1.29 is 18.4 Å². The maximum atomic E-state index is 14.9. The third kappa shape index (κ3) is 5.41. The highest BCUT2D eigenvalue weighted by molar-refractivity contribution is 5.98. The number of aromatic nitrogens is 2. The van der Waals surface area contributed by atoms with Gasteiger partial charge in [-0.15, -0.1) is 0 Å². The number of fused-ring (bicyclic) bond motifs is 7. The molecule has 4 unspecified atom stereocenters. The van der Waals surface area contributed by atoms with E-state index in [-0.39, 0.29) is 47.4 Å². The van der Waals surface area contributed by atoms with E-state index in [4.69, 9.17) is 11.5 Å². The Morgan fingerprint density at radius 2 is 1.08 bits per heavy atom. The van der Waals surface area contributed by atoms with Gasteiger partial charge in [-0.3, -0.25) is 9.59 Å². The number of likely N-dealkylation sites (tertiary alicyclic amines) is 2. The highest BCUT2D eigenvalue weighted by Crippen LogP contribution is 2.45. The Labute approximate surface area is 281 Å². The summed E-state index contributed by atoms with van der Waals surface area (Å²) in [4.78, 5) is 31.0. The lowest BCUT2D eigenvalue weighted by Gasteiger charge is -2.30. The summed E-state index contributed by atoms with van der Waals surface area (Å²) in [6.45, 7) is 10.4. The predicted octanol–water partition coefficient (Wildman–Crippen LogP) is 5.59. The maximum absolute atomic E-state index is 14.9. The minimum absolute atomic E-state index is 0.0215. The fraction of sp³-hybridized carbons (Fsp3) is 0.526. The number of amides is 2. The molecule has 48 heavy (non-hydrogen) atoms. The van der Waals surface area contributed by atoms with E-state index in [0.29, 0.717) is 39.0 Å². The Morgan fingerprint density at radius 3 is 1.46 bits per heavy atom. The Hall–Kier alpha value is -3.76. The van der Waals surface area contributed by atoms with Crippen molar-refractivity contribution in [1.82, 2.24) is 18.9 Å². The zero-order chi connectivity index (χ0) is 34.0. The highest BCUT2D eigenvalue weighted by atomic mass is 19.1. The summed E-state index contributed by atoms with van der Waals surface area (Å²) < 4.78 is 34.2. The van der Waals surface area contributed by atoms with E-state index in [0.717, 1.165) is 70.0 Å². The van der Waals surface area contributed by atoms with Gasteiger partial charge < -0.3 is 30.4 Å². The van der Waals surface area contributed by atoms with Crippen LogP contribution in [0.4, 0.5) is 8.78 Å². The summed E-state index contributed by atoms with van der Waals surface area (Å²) in [5.74, 6) is -0.588. The quantitative estimate of drug-likeness (QED) is 0.258. The highest BCUT2D eigenvalue weighted by Gasteiger charge is 2.38. The monoisotopic (exact) mass is 658 g/mol. The van der Waals surface area contributed by atoms with Crippen molar-refractivity contribution in [1.29, 1.82) is 0 Å². The van der Waals surface area contributed by atoms with Crippen molar-refractivity contribution in [3.05, 3.63) is 59.2 Å². The Bertz CT molecular complexity index is 1760. The molecule has 4 atom stereocenters. The molecular weight excluding hydrogens is 610 g/mol. The van der Waals surface area contributed by atoms with E-state index in [1.165, 1.54) is 12.1 Å². The van der Waals surface area contributed by atoms with Crippen molar-refractivity contribution in [3.63, 3.8) is 0 Å². The molecule has 2 aromatic carbocycles. The van der Waals surface area contributed by atoms with Gasteiger partial charge in [-0.05, 0) is 97.9 Å². The number of aryl methyl sites for hydroxylation is 2. The average Bonchev–Trinajstić information content (AvgIpc) is 3.85. The van der Waals surface area contributed by atoms with Gasteiger partial charge in [0, 0.05) is 49.0 Å². The third-order valence-electron chi connectivity index (χ3n) is 11.2. The van der Waals surface area contributed by atoms with Crippen LogP contribution in [0, 0.1) is 23.5 Å². The van der Waals surface area contributed by atoms with Gasteiger partial charge in [0.25, 0.3) is 0 Å². The number of carbonyl (C=O) groups is 2. The van der Waals surface area contributed by atoms with E-state index in [9.17, 15) is 18.4 Å². The normalized spacial score (nSPS) is 20.7. The summed E-state index contributed by atoms with van der Waals surface area (Å²) in [6.07, 6.45) is 4.74. The zero-order valence-electron chi connectivity index (χ0n) is 28.5.